The van der Waals surface area contributed by atoms with E-state index in [9.17, 15) is 14.7 Å². The smallest absolute Gasteiger partial charge is 0.228 e. The lowest BCUT2D eigenvalue weighted by molar-refractivity contribution is 0.101. The zero-order chi connectivity index (χ0) is 25.1. The fraction of sp³-hybridized carbons (Fsp3) is 0.0323. The number of carbonyl (C=O) groups is 2. The number of allylic oxidation sites excluding steroid dienone is 1. The van der Waals surface area contributed by atoms with E-state index in [2.05, 4.69) is 15.9 Å². The van der Waals surface area contributed by atoms with Crippen LogP contribution in [0.2, 0.25) is 0 Å². The van der Waals surface area contributed by atoms with Gasteiger partial charge in [0.2, 0.25) is 5.78 Å². The molecule has 4 aromatic carbocycles. The van der Waals surface area contributed by atoms with Crippen molar-refractivity contribution in [3.05, 3.63) is 141 Å². The van der Waals surface area contributed by atoms with Gasteiger partial charge < -0.3 is 9.52 Å². The fourth-order valence-electron chi connectivity index (χ4n) is 4.01. The van der Waals surface area contributed by atoms with E-state index in [0.717, 1.165) is 21.0 Å². The summed E-state index contributed by atoms with van der Waals surface area (Å²) < 4.78 is 6.70. The number of halogens is 1. The third-order valence-corrected chi connectivity index (χ3v) is 6.41. The van der Waals surface area contributed by atoms with Crippen LogP contribution in [0.5, 0.6) is 5.75 Å². The van der Waals surface area contributed by atoms with Crippen LogP contribution < -0.4 is 0 Å². The summed E-state index contributed by atoms with van der Waals surface area (Å²) in [5, 5.41) is 11.2. The van der Waals surface area contributed by atoms with E-state index in [1.807, 2.05) is 60.7 Å². The van der Waals surface area contributed by atoms with Crippen LogP contribution in [0.1, 0.15) is 43.2 Å². The molecule has 176 valence electrons. The zero-order valence-corrected chi connectivity index (χ0v) is 20.7. The average molecular weight is 537 g/mol. The Labute approximate surface area is 216 Å². The van der Waals surface area contributed by atoms with Gasteiger partial charge in [0.25, 0.3) is 0 Å². The number of rotatable bonds is 7. The van der Waals surface area contributed by atoms with Crippen LogP contribution in [0.3, 0.4) is 0 Å². The molecule has 0 saturated carbocycles. The molecule has 4 nitrogen and oxygen atoms in total. The molecule has 0 fully saturated rings. The second-order valence-electron chi connectivity index (χ2n) is 8.45. The van der Waals surface area contributed by atoms with Gasteiger partial charge >= 0.3 is 0 Å². The Hall–Kier alpha value is -4.22. The van der Waals surface area contributed by atoms with Crippen molar-refractivity contribution >= 4 is 44.5 Å². The highest BCUT2D eigenvalue weighted by molar-refractivity contribution is 9.10. The van der Waals surface area contributed by atoms with Crippen LogP contribution in [0.25, 0.3) is 17.0 Å². The van der Waals surface area contributed by atoms with Crippen molar-refractivity contribution in [2.45, 2.75) is 6.42 Å². The van der Waals surface area contributed by atoms with Gasteiger partial charge in [-0.3, -0.25) is 9.59 Å². The predicted octanol–water partition coefficient (Wildman–Crippen LogP) is 7.62. The minimum atomic E-state index is -0.152. The van der Waals surface area contributed by atoms with Gasteiger partial charge in [-0.2, -0.15) is 0 Å². The average Bonchev–Trinajstić information content (AvgIpc) is 3.33. The maximum Gasteiger partial charge on any atom is 0.228 e. The number of fused-ring (bicyclic) bond motifs is 1. The van der Waals surface area contributed by atoms with Gasteiger partial charge in [-0.1, -0.05) is 58.4 Å². The number of phenolic OH excluding ortho intramolecular Hbond substituents is 1. The number of ketones is 2. The zero-order valence-electron chi connectivity index (χ0n) is 19.1. The number of hydrogen-bond donors (Lipinski definition) is 1. The maximum atomic E-state index is 12.7. The van der Waals surface area contributed by atoms with E-state index < -0.39 is 0 Å². The lowest BCUT2D eigenvalue weighted by Gasteiger charge is -2.06. The minimum absolute atomic E-state index is 0.105. The van der Waals surface area contributed by atoms with Crippen molar-refractivity contribution < 1.29 is 19.1 Å². The highest BCUT2D eigenvalue weighted by Crippen LogP contribution is 2.26. The summed E-state index contributed by atoms with van der Waals surface area (Å²) in [6, 6.07) is 29.1. The Morgan fingerprint density at radius 1 is 0.806 bits per heavy atom. The van der Waals surface area contributed by atoms with Crippen LogP contribution in [0.4, 0.5) is 0 Å². The molecule has 1 aromatic heterocycles. The lowest BCUT2D eigenvalue weighted by atomic mass is 10.0. The molecule has 36 heavy (non-hydrogen) atoms. The topological polar surface area (TPSA) is 67.5 Å². The molecule has 1 N–H and O–H groups in total. The van der Waals surface area contributed by atoms with Crippen molar-refractivity contribution in [2.24, 2.45) is 0 Å². The molecule has 0 aliphatic heterocycles. The Balaban J connectivity index is 1.34. The van der Waals surface area contributed by atoms with Gasteiger partial charge in [-0.25, -0.2) is 0 Å². The summed E-state index contributed by atoms with van der Waals surface area (Å²) in [4.78, 5) is 25.2. The standard InChI is InChI=1S/C31H21BrO4/c32-26-11-8-22(9-12-26)27(33)14-10-24-17-20(6-13-28(24)34)16-21-7-15-29-25(18-21)19-30(36-29)31(35)23-4-2-1-3-5-23/h1-15,17-19,34H,16H2/b14-10+. The molecule has 5 aromatic rings. The normalized spacial score (nSPS) is 11.2. The highest BCUT2D eigenvalue weighted by Gasteiger charge is 2.14. The summed E-state index contributed by atoms with van der Waals surface area (Å²) in [6.07, 6.45) is 3.71. The van der Waals surface area contributed by atoms with Gasteiger partial charge in [-0.15, -0.1) is 0 Å². The SMILES string of the molecule is O=C(/C=C/c1cc(Cc2ccc3oc(C(=O)c4ccccc4)cc3c2)ccc1O)c1ccc(Br)cc1. The van der Waals surface area contributed by atoms with Gasteiger partial charge in [0, 0.05) is 26.5 Å². The first kappa shape index (κ1) is 23.5. The van der Waals surface area contributed by atoms with E-state index >= 15 is 0 Å². The van der Waals surface area contributed by atoms with Crippen LogP contribution in [0, 0.1) is 0 Å². The Morgan fingerprint density at radius 2 is 1.53 bits per heavy atom. The van der Waals surface area contributed by atoms with Gasteiger partial charge in [0.15, 0.2) is 11.5 Å². The number of carbonyl (C=O) groups excluding carboxylic acids is 2. The molecular formula is C31H21BrO4. The van der Waals surface area contributed by atoms with Crippen LogP contribution in [-0.4, -0.2) is 16.7 Å². The number of aromatic hydroxyl groups is 1. The molecule has 5 rings (SSSR count). The summed E-state index contributed by atoms with van der Waals surface area (Å²) in [5.74, 6) is 0.119. The number of benzene rings is 4. The second kappa shape index (κ2) is 10.2. The Morgan fingerprint density at radius 3 is 2.31 bits per heavy atom. The van der Waals surface area contributed by atoms with Crippen LogP contribution in [-0.2, 0) is 6.42 Å². The Kier molecular flexibility index (Phi) is 6.65. The van der Waals surface area contributed by atoms with Crippen molar-refractivity contribution in [2.75, 3.05) is 0 Å². The first-order chi connectivity index (χ1) is 17.5. The summed E-state index contributed by atoms with van der Waals surface area (Å²) in [5.41, 5.74) is 4.39. The quantitative estimate of drug-likeness (QED) is 0.171. The monoisotopic (exact) mass is 536 g/mol. The van der Waals surface area contributed by atoms with Crippen molar-refractivity contribution in [1.29, 1.82) is 0 Å². The number of phenols is 1. The van der Waals surface area contributed by atoms with Crippen molar-refractivity contribution in [1.82, 2.24) is 0 Å². The van der Waals surface area contributed by atoms with Gasteiger partial charge in [-0.05, 0) is 84.3 Å². The summed E-state index contributed by atoms with van der Waals surface area (Å²) >= 11 is 3.36. The van der Waals surface area contributed by atoms with Gasteiger partial charge in [0.05, 0.1) is 0 Å². The first-order valence-electron chi connectivity index (χ1n) is 11.4. The Bertz CT molecular complexity index is 1600. The van der Waals surface area contributed by atoms with Crippen molar-refractivity contribution in [3.63, 3.8) is 0 Å². The fourth-order valence-corrected chi connectivity index (χ4v) is 4.27. The largest absolute Gasteiger partial charge is 0.507 e. The van der Waals surface area contributed by atoms with Crippen LogP contribution >= 0.6 is 15.9 Å². The first-order valence-corrected chi connectivity index (χ1v) is 12.2. The molecule has 0 saturated heterocycles. The molecule has 0 aliphatic carbocycles. The number of furan rings is 1. The molecule has 0 bridgehead atoms. The molecule has 1 heterocycles. The summed E-state index contributed by atoms with van der Waals surface area (Å²) in [7, 11) is 0. The molecular weight excluding hydrogens is 516 g/mol. The van der Waals surface area contributed by atoms with E-state index in [1.54, 1.807) is 42.5 Å². The van der Waals surface area contributed by atoms with Crippen LogP contribution in [0.15, 0.2) is 112 Å². The third kappa shape index (κ3) is 5.21. The highest BCUT2D eigenvalue weighted by atomic mass is 79.9. The van der Waals surface area contributed by atoms with E-state index in [-0.39, 0.29) is 17.3 Å². The minimum Gasteiger partial charge on any atom is -0.507 e. The molecule has 0 atom stereocenters. The van der Waals surface area contributed by atoms with E-state index in [0.29, 0.717) is 34.5 Å². The number of hydrogen-bond acceptors (Lipinski definition) is 4. The molecule has 0 unspecified atom stereocenters. The molecule has 5 heteroatoms. The summed E-state index contributed by atoms with van der Waals surface area (Å²) in [6.45, 7) is 0. The third-order valence-electron chi connectivity index (χ3n) is 5.88. The van der Waals surface area contributed by atoms with Crippen molar-refractivity contribution in [3.8, 4) is 5.75 Å². The van der Waals surface area contributed by atoms with E-state index in [1.165, 1.54) is 6.08 Å². The van der Waals surface area contributed by atoms with E-state index in [4.69, 9.17) is 4.42 Å². The molecule has 0 radical (unpaired) electrons. The maximum absolute atomic E-state index is 12.7. The van der Waals surface area contributed by atoms with Gasteiger partial charge in [0.1, 0.15) is 11.3 Å². The lowest BCUT2D eigenvalue weighted by Crippen LogP contribution is -1.98. The molecule has 0 spiro atoms. The predicted molar refractivity (Wildman–Crippen MR) is 145 cm³/mol. The molecule has 0 amide bonds. The second-order valence-corrected chi connectivity index (χ2v) is 9.37. The molecule has 0 aliphatic rings.